The maximum Gasteiger partial charge on any atom is 0.306 e. The highest BCUT2D eigenvalue weighted by Gasteiger charge is 2.36. The number of aliphatic carboxylic acids is 1. The average Bonchev–Trinajstić information content (AvgIpc) is 3.15. The second-order valence-electron chi connectivity index (χ2n) is 12.3. The minimum atomic E-state index is -4.20. The fourth-order valence-electron chi connectivity index (χ4n) is 5.84. The van der Waals surface area contributed by atoms with Gasteiger partial charge >= 0.3 is 5.97 Å². The summed E-state index contributed by atoms with van der Waals surface area (Å²) in [6, 6.07) is 3.84. The van der Waals surface area contributed by atoms with Crippen LogP contribution in [0, 0.1) is 18.8 Å². The molecule has 2 fully saturated rings. The van der Waals surface area contributed by atoms with Gasteiger partial charge in [0.05, 0.1) is 16.5 Å². The minimum Gasteiger partial charge on any atom is -0.481 e. The number of benzene rings is 1. The highest BCUT2D eigenvalue weighted by atomic mass is 35.5. The average molecular weight is 614 g/mol. The lowest BCUT2D eigenvalue weighted by Crippen LogP contribution is -2.46. The molecule has 1 aromatic carbocycles. The maximum atomic E-state index is 14.6. The summed E-state index contributed by atoms with van der Waals surface area (Å²) in [5.74, 6) is -1.50. The number of carboxylic acid groups (broad SMARTS) is 1. The van der Waals surface area contributed by atoms with Gasteiger partial charge in [0.15, 0.2) is 0 Å². The van der Waals surface area contributed by atoms with Crippen molar-refractivity contribution in [2.24, 2.45) is 11.8 Å². The second-order valence-corrected chi connectivity index (χ2v) is 14.3. The maximum absolute atomic E-state index is 14.6. The number of carbonyl (C=O) groups excluding carboxylic acids is 1. The molecule has 0 atom stereocenters. The third kappa shape index (κ3) is 6.94. The number of nitrogens with zero attached hydrogens (tertiary/aromatic N) is 1. The highest BCUT2D eigenvalue weighted by molar-refractivity contribution is 7.89. The summed E-state index contributed by atoms with van der Waals surface area (Å²) in [5, 5.41) is 11.5. The number of alkyl halides is 2. The van der Waals surface area contributed by atoms with E-state index >= 15 is 0 Å². The Balaban J connectivity index is 1.78. The van der Waals surface area contributed by atoms with Crippen LogP contribution in [-0.4, -0.2) is 41.5 Å². The number of carbonyl (C=O) groups is 2. The van der Waals surface area contributed by atoms with Gasteiger partial charge in [-0.15, -0.1) is 0 Å². The molecule has 0 aliphatic heterocycles. The van der Waals surface area contributed by atoms with Crippen molar-refractivity contribution < 1.29 is 31.9 Å². The lowest BCUT2D eigenvalue weighted by Gasteiger charge is -2.32. The van der Waals surface area contributed by atoms with E-state index in [9.17, 15) is 26.8 Å². The fourth-order valence-corrected chi connectivity index (χ4v) is 7.90. The molecule has 2 aromatic rings. The van der Waals surface area contributed by atoms with Crippen LogP contribution < -0.4 is 10.0 Å². The smallest absolute Gasteiger partial charge is 0.306 e. The van der Waals surface area contributed by atoms with Crippen LogP contribution in [0.2, 0.25) is 5.02 Å². The van der Waals surface area contributed by atoms with Crippen LogP contribution in [-0.2, 0) is 21.4 Å². The molecule has 0 radical (unpaired) electrons. The topological polar surface area (TPSA) is 118 Å². The summed E-state index contributed by atoms with van der Waals surface area (Å²) in [6.45, 7) is 7.20. The van der Waals surface area contributed by atoms with Crippen LogP contribution in [0.5, 0.6) is 0 Å². The van der Waals surface area contributed by atoms with Gasteiger partial charge in [-0.1, -0.05) is 36.9 Å². The van der Waals surface area contributed by atoms with E-state index in [2.05, 4.69) is 10.0 Å². The molecule has 0 bridgehead atoms. The Morgan fingerprint density at radius 1 is 1.15 bits per heavy atom. The number of rotatable bonds is 9. The van der Waals surface area contributed by atoms with Crippen LogP contribution >= 0.6 is 11.6 Å². The van der Waals surface area contributed by atoms with Gasteiger partial charge in [0.1, 0.15) is 4.90 Å². The second kappa shape index (κ2) is 12.0. The van der Waals surface area contributed by atoms with Gasteiger partial charge < -0.3 is 15.0 Å². The van der Waals surface area contributed by atoms with E-state index in [0.29, 0.717) is 42.3 Å². The van der Waals surface area contributed by atoms with Crippen molar-refractivity contribution in [1.29, 1.82) is 0 Å². The molecule has 0 unspecified atom stereocenters. The van der Waals surface area contributed by atoms with Gasteiger partial charge in [0.25, 0.3) is 12.3 Å². The molecule has 8 nitrogen and oxygen atoms in total. The zero-order chi connectivity index (χ0) is 30.3. The quantitative estimate of drug-likeness (QED) is 0.307. The SMILES string of the molecule is Cc1c(C(=O)N[C@H]2C[C@H](C(=O)O)C2)cc(-c2ccc(S(=O)(=O)NC(C)(C)C)c(Cl)c2C(F)F)n1CC1CCCCC1. The Labute approximate surface area is 244 Å². The van der Waals surface area contributed by atoms with E-state index in [1.165, 1.54) is 12.1 Å². The predicted molar refractivity (Wildman–Crippen MR) is 153 cm³/mol. The molecular formula is C29H38ClF2N3O5S. The largest absolute Gasteiger partial charge is 0.481 e. The Kier molecular flexibility index (Phi) is 9.21. The molecule has 1 aromatic heterocycles. The predicted octanol–water partition coefficient (Wildman–Crippen LogP) is 6.30. The van der Waals surface area contributed by atoms with Gasteiger partial charge in [-0.25, -0.2) is 21.9 Å². The van der Waals surface area contributed by atoms with Crippen molar-refractivity contribution in [3.05, 3.63) is 40.0 Å². The number of sulfonamides is 1. The Morgan fingerprint density at radius 3 is 2.34 bits per heavy atom. The Bertz CT molecular complexity index is 1420. The third-order valence-corrected chi connectivity index (χ3v) is 10.3. The standard InChI is InChI=1S/C29H38ClF2N3O5S/c1-16-21(27(36)33-19-12-18(13-19)28(37)38)14-22(35(16)15-17-8-6-5-7-9-17)20-10-11-23(25(30)24(20)26(31)32)41(39,40)34-29(2,3)4/h10-11,14,17-19,26,34H,5-9,12-13,15H2,1-4H3,(H,33,36)(H,37,38)/t18-,19-. The first-order valence-corrected chi connectivity index (χ1v) is 15.8. The molecule has 2 aliphatic carbocycles. The molecule has 12 heteroatoms. The van der Waals surface area contributed by atoms with Crippen LogP contribution in [0.3, 0.4) is 0 Å². The normalized spacial score (nSPS) is 20.2. The highest BCUT2D eigenvalue weighted by Crippen LogP contribution is 2.42. The number of amides is 1. The molecule has 41 heavy (non-hydrogen) atoms. The molecule has 1 amide bonds. The number of hydrogen-bond acceptors (Lipinski definition) is 4. The summed E-state index contributed by atoms with van der Waals surface area (Å²) >= 11 is 6.42. The summed E-state index contributed by atoms with van der Waals surface area (Å²) in [7, 11) is -4.20. The molecule has 0 saturated heterocycles. The van der Waals surface area contributed by atoms with Crippen molar-refractivity contribution in [3.8, 4) is 11.3 Å². The number of nitrogens with one attached hydrogen (secondary N) is 2. The first-order chi connectivity index (χ1) is 19.1. The summed E-state index contributed by atoms with van der Waals surface area (Å²) in [4.78, 5) is 24.0. The van der Waals surface area contributed by atoms with Gasteiger partial charge in [-0.05, 0) is 71.4 Å². The number of carboxylic acids is 1. The molecule has 4 rings (SSSR count). The van der Waals surface area contributed by atoms with Gasteiger partial charge in [-0.2, -0.15) is 0 Å². The lowest BCUT2D eigenvalue weighted by molar-refractivity contribution is -0.145. The van der Waals surface area contributed by atoms with E-state index < -0.39 is 55.3 Å². The molecule has 226 valence electrons. The number of hydrogen-bond donors (Lipinski definition) is 3. The van der Waals surface area contributed by atoms with E-state index in [1.54, 1.807) is 33.8 Å². The van der Waals surface area contributed by atoms with Crippen LogP contribution in [0.1, 0.15) is 93.8 Å². The van der Waals surface area contributed by atoms with Gasteiger partial charge in [-0.3, -0.25) is 9.59 Å². The van der Waals surface area contributed by atoms with Crippen LogP contribution in [0.25, 0.3) is 11.3 Å². The molecule has 2 aliphatic rings. The minimum absolute atomic E-state index is 0.0623. The summed E-state index contributed by atoms with van der Waals surface area (Å²) in [6.07, 6.45) is 2.83. The first kappa shape index (κ1) is 31.4. The van der Waals surface area contributed by atoms with E-state index in [4.69, 9.17) is 16.7 Å². The monoisotopic (exact) mass is 613 g/mol. The van der Waals surface area contributed by atoms with Gasteiger partial charge in [0.2, 0.25) is 10.0 Å². The molecule has 2 saturated carbocycles. The van der Waals surface area contributed by atoms with Crippen LogP contribution in [0.15, 0.2) is 23.1 Å². The van der Waals surface area contributed by atoms with Crippen molar-refractivity contribution in [2.75, 3.05) is 0 Å². The third-order valence-electron chi connectivity index (χ3n) is 7.97. The summed E-state index contributed by atoms with van der Waals surface area (Å²) in [5.41, 5.74) is -0.143. The zero-order valence-electron chi connectivity index (χ0n) is 23.8. The Hall–Kier alpha value is -2.50. The van der Waals surface area contributed by atoms with Crippen LogP contribution in [0.4, 0.5) is 8.78 Å². The fraction of sp³-hybridized carbons (Fsp3) is 0.586. The van der Waals surface area contributed by atoms with Gasteiger partial charge in [0, 0.05) is 40.6 Å². The molecular weight excluding hydrogens is 576 g/mol. The lowest BCUT2D eigenvalue weighted by atomic mass is 9.80. The van der Waals surface area contributed by atoms with E-state index in [1.807, 2.05) is 4.57 Å². The zero-order valence-corrected chi connectivity index (χ0v) is 25.3. The molecule has 1 heterocycles. The Morgan fingerprint density at radius 2 is 1.78 bits per heavy atom. The van der Waals surface area contributed by atoms with Crippen molar-refractivity contribution in [2.45, 2.75) is 102 Å². The number of halogens is 3. The molecule has 0 spiro atoms. The van der Waals surface area contributed by atoms with Crippen molar-refractivity contribution in [3.63, 3.8) is 0 Å². The van der Waals surface area contributed by atoms with Crippen molar-refractivity contribution in [1.82, 2.24) is 14.6 Å². The summed E-state index contributed by atoms with van der Waals surface area (Å²) < 4.78 is 59.6. The first-order valence-electron chi connectivity index (χ1n) is 14.0. The van der Waals surface area contributed by atoms with Crippen molar-refractivity contribution >= 4 is 33.5 Å². The molecule has 3 N–H and O–H groups in total. The van der Waals surface area contributed by atoms with E-state index in [0.717, 1.165) is 32.1 Å². The number of aromatic nitrogens is 1. The van der Waals surface area contributed by atoms with E-state index in [-0.39, 0.29) is 11.6 Å².